The third-order valence-electron chi connectivity index (χ3n) is 5.53. The van der Waals surface area contributed by atoms with E-state index >= 15 is 0 Å². The van der Waals surface area contributed by atoms with E-state index in [0.29, 0.717) is 17.9 Å². The summed E-state index contributed by atoms with van der Waals surface area (Å²) in [6.07, 6.45) is 4.82. The molecule has 1 amide bonds. The van der Waals surface area contributed by atoms with E-state index in [4.69, 9.17) is 9.15 Å². The summed E-state index contributed by atoms with van der Waals surface area (Å²) in [5.41, 5.74) is 0.0461. The van der Waals surface area contributed by atoms with Crippen molar-refractivity contribution in [2.75, 3.05) is 13.7 Å². The number of methoxy groups -OCH3 is 1. The lowest BCUT2D eigenvalue weighted by atomic mass is 9.83. The zero-order valence-electron chi connectivity index (χ0n) is 15.0. The molecule has 2 heterocycles. The Labute approximate surface area is 147 Å². The fraction of sp³-hybridized carbons (Fsp3) is 0.632. The summed E-state index contributed by atoms with van der Waals surface area (Å²) in [7, 11) is 1.32. The normalized spacial score (nSPS) is 23.9. The van der Waals surface area contributed by atoms with Crippen LogP contribution in [0.25, 0.3) is 0 Å². The lowest BCUT2D eigenvalue weighted by Crippen LogP contribution is -2.53. The molecule has 1 aromatic heterocycles. The summed E-state index contributed by atoms with van der Waals surface area (Å²) in [5.74, 6) is 0.0731. The van der Waals surface area contributed by atoms with Gasteiger partial charge >= 0.3 is 11.6 Å². The molecule has 1 aliphatic heterocycles. The second-order valence-electron chi connectivity index (χ2n) is 7.21. The highest BCUT2D eigenvalue weighted by molar-refractivity contribution is 5.97. The molecule has 1 saturated carbocycles. The first kappa shape index (κ1) is 17.7. The number of esters is 1. The molecule has 0 spiro atoms. The van der Waals surface area contributed by atoms with E-state index in [1.54, 1.807) is 13.0 Å². The second kappa shape index (κ2) is 7.02. The molecule has 0 bridgehead atoms. The van der Waals surface area contributed by atoms with Gasteiger partial charge in [0, 0.05) is 12.5 Å². The van der Waals surface area contributed by atoms with Crippen molar-refractivity contribution in [2.24, 2.45) is 5.92 Å². The van der Waals surface area contributed by atoms with Crippen LogP contribution in [0.5, 0.6) is 0 Å². The van der Waals surface area contributed by atoms with Gasteiger partial charge in [-0.2, -0.15) is 0 Å². The second-order valence-corrected chi connectivity index (χ2v) is 7.21. The van der Waals surface area contributed by atoms with Crippen LogP contribution in [-0.4, -0.2) is 36.5 Å². The molecule has 3 rings (SSSR count). The van der Waals surface area contributed by atoms with Gasteiger partial charge in [-0.25, -0.2) is 9.59 Å². The summed E-state index contributed by atoms with van der Waals surface area (Å²) >= 11 is 0. The summed E-state index contributed by atoms with van der Waals surface area (Å²) < 4.78 is 10.3. The van der Waals surface area contributed by atoms with Gasteiger partial charge in [-0.3, -0.25) is 4.79 Å². The highest BCUT2D eigenvalue weighted by Gasteiger charge is 2.39. The van der Waals surface area contributed by atoms with Gasteiger partial charge in [-0.05, 0) is 50.2 Å². The summed E-state index contributed by atoms with van der Waals surface area (Å²) in [5, 5.41) is 0. The number of aryl methyl sites for hydroxylation is 1. The lowest BCUT2D eigenvalue weighted by Gasteiger charge is -2.38. The SMILES string of the molecule is COC(=O)[C@H]1[C@H](C)CCCN1C(=O)c1c(C)cc(C2CCC2)oc1=O. The summed E-state index contributed by atoms with van der Waals surface area (Å²) in [6, 6.07) is 1.15. The molecule has 0 unspecified atom stereocenters. The fourth-order valence-corrected chi connectivity index (χ4v) is 3.82. The third kappa shape index (κ3) is 3.22. The molecular weight excluding hydrogens is 322 g/mol. The number of hydrogen-bond acceptors (Lipinski definition) is 5. The molecule has 0 N–H and O–H groups in total. The molecule has 6 heteroatoms. The Balaban J connectivity index is 1.93. The number of carbonyl (C=O) groups is 2. The smallest absolute Gasteiger partial charge is 0.349 e. The summed E-state index contributed by atoms with van der Waals surface area (Å²) in [4.78, 5) is 39.2. The van der Waals surface area contributed by atoms with Crippen LogP contribution in [0, 0.1) is 12.8 Å². The van der Waals surface area contributed by atoms with E-state index in [0.717, 1.165) is 32.1 Å². The zero-order valence-corrected chi connectivity index (χ0v) is 15.0. The summed E-state index contributed by atoms with van der Waals surface area (Å²) in [6.45, 7) is 4.12. The van der Waals surface area contributed by atoms with Crippen LogP contribution in [0.15, 0.2) is 15.3 Å². The maximum atomic E-state index is 13.0. The van der Waals surface area contributed by atoms with Crippen molar-refractivity contribution in [1.29, 1.82) is 0 Å². The Bertz CT molecular complexity index is 734. The van der Waals surface area contributed by atoms with Gasteiger partial charge in [-0.1, -0.05) is 13.3 Å². The van der Waals surface area contributed by atoms with Gasteiger partial charge in [0.1, 0.15) is 17.4 Å². The number of rotatable bonds is 3. The standard InChI is InChI=1S/C19H25NO5/c1-11-6-5-9-20(16(11)19(23)24-3)17(21)15-12(2)10-14(25-18(15)22)13-7-4-8-13/h10-11,13,16H,4-9H2,1-3H3/t11-,16-/m1/s1. The number of likely N-dealkylation sites (tertiary alicyclic amines) is 1. The van der Waals surface area contributed by atoms with Crippen molar-refractivity contribution in [3.8, 4) is 0 Å². The molecule has 25 heavy (non-hydrogen) atoms. The Hall–Kier alpha value is -2.11. The van der Waals surface area contributed by atoms with E-state index in [1.807, 2.05) is 6.92 Å². The fourth-order valence-electron chi connectivity index (χ4n) is 3.82. The van der Waals surface area contributed by atoms with E-state index in [-0.39, 0.29) is 17.4 Å². The van der Waals surface area contributed by atoms with Crippen LogP contribution >= 0.6 is 0 Å². The number of piperidine rings is 1. The first-order valence-electron chi connectivity index (χ1n) is 8.97. The average molecular weight is 347 g/mol. The average Bonchev–Trinajstić information content (AvgIpc) is 2.51. The van der Waals surface area contributed by atoms with E-state index < -0.39 is 23.5 Å². The molecule has 136 valence electrons. The molecule has 2 atom stereocenters. The lowest BCUT2D eigenvalue weighted by molar-refractivity contribution is -0.149. The maximum Gasteiger partial charge on any atom is 0.349 e. The van der Waals surface area contributed by atoms with Crippen LogP contribution in [0.2, 0.25) is 0 Å². The monoisotopic (exact) mass is 347 g/mol. The molecule has 0 aromatic carbocycles. The maximum absolute atomic E-state index is 13.0. The van der Waals surface area contributed by atoms with Gasteiger partial charge in [0.05, 0.1) is 7.11 Å². The molecule has 2 fully saturated rings. The molecule has 1 aliphatic carbocycles. The van der Waals surface area contributed by atoms with Crippen molar-refractivity contribution in [2.45, 2.75) is 57.9 Å². The number of nitrogens with zero attached hydrogens (tertiary/aromatic N) is 1. The van der Waals surface area contributed by atoms with Crippen LogP contribution < -0.4 is 5.63 Å². The van der Waals surface area contributed by atoms with Gasteiger partial charge in [0.2, 0.25) is 0 Å². The van der Waals surface area contributed by atoms with Gasteiger partial charge < -0.3 is 14.1 Å². The van der Waals surface area contributed by atoms with Gasteiger partial charge in [0.15, 0.2) is 0 Å². The first-order valence-corrected chi connectivity index (χ1v) is 8.97. The quantitative estimate of drug-likeness (QED) is 0.786. The highest BCUT2D eigenvalue weighted by atomic mass is 16.5. The van der Waals surface area contributed by atoms with Crippen LogP contribution in [0.4, 0.5) is 0 Å². The third-order valence-corrected chi connectivity index (χ3v) is 5.53. The predicted molar refractivity (Wildman–Crippen MR) is 91.5 cm³/mol. The van der Waals surface area contributed by atoms with E-state index in [9.17, 15) is 14.4 Å². The Morgan fingerprint density at radius 3 is 2.52 bits per heavy atom. The molecule has 6 nitrogen and oxygen atoms in total. The van der Waals surface area contributed by atoms with Crippen molar-refractivity contribution in [3.05, 3.63) is 33.4 Å². The van der Waals surface area contributed by atoms with Crippen molar-refractivity contribution in [3.63, 3.8) is 0 Å². The molecule has 1 aromatic rings. The van der Waals surface area contributed by atoms with Crippen LogP contribution in [-0.2, 0) is 9.53 Å². The number of hydrogen-bond donors (Lipinski definition) is 0. The number of ether oxygens (including phenoxy) is 1. The minimum Gasteiger partial charge on any atom is -0.467 e. The van der Waals surface area contributed by atoms with E-state index in [2.05, 4.69) is 0 Å². The minimum atomic E-state index is -0.656. The highest BCUT2D eigenvalue weighted by Crippen LogP contribution is 2.36. The molecule has 1 saturated heterocycles. The molecule has 2 aliphatic rings. The van der Waals surface area contributed by atoms with Crippen molar-refractivity contribution in [1.82, 2.24) is 4.90 Å². The first-order chi connectivity index (χ1) is 11.9. The van der Waals surface area contributed by atoms with Crippen LogP contribution in [0.1, 0.15) is 66.6 Å². The molecule has 0 radical (unpaired) electrons. The minimum absolute atomic E-state index is 0.00764. The van der Waals surface area contributed by atoms with E-state index in [1.165, 1.54) is 12.0 Å². The Morgan fingerprint density at radius 1 is 1.24 bits per heavy atom. The zero-order chi connectivity index (χ0) is 18.1. The van der Waals surface area contributed by atoms with Crippen molar-refractivity contribution < 1.29 is 18.7 Å². The van der Waals surface area contributed by atoms with Crippen LogP contribution in [0.3, 0.4) is 0 Å². The molecular formula is C19H25NO5. The number of carbonyl (C=O) groups excluding carboxylic acids is 2. The topological polar surface area (TPSA) is 76.8 Å². The number of amides is 1. The Kier molecular flexibility index (Phi) is 4.97. The largest absolute Gasteiger partial charge is 0.467 e. The van der Waals surface area contributed by atoms with Gasteiger partial charge in [0.25, 0.3) is 5.91 Å². The van der Waals surface area contributed by atoms with Gasteiger partial charge in [-0.15, -0.1) is 0 Å². The van der Waals surface area contributed by atoms with Crippen molar-refractivity contribution >= 4 is 11.9 Å². The predicted octanol–water partition coefficient (Wildman–Crippen LogP) is 2.63. The Morgan fingerprint density at radius 2 is 1.96 bits per heavy atom.